The Hall–Kier alpha value is -3.28. The molecule has 0 atom stereocenters. The Bertz CT molecular complexity index is 1060. The lowest BCUT2D eigenvalue weighted by atomic mass is 10.1. The van der Waals surface area contributed by atoms with Gasteiger partial charge in [-0.2, -0.15) is 0 Å². The van der Waals surface area contributed by atoms with Crippen LogP contribution in [0.1, 0.15) is 21.7 Å². The van der Waals surface area contributed by atoms with Crippen LogP contribution in [0.4, 0.5) is 0 Å². The van der Waals surface area contributed by atoms with Crippen molar-refractivity contribution in [3.8, 4) is 0 Å². The molecule has 0 bridgehead atoms. The van der Waals surface area contributed by atoms with Gasteiger partial charge in [-0.25, -0.2) is 0 Å². The highest BCUT2D eigenvalue weighted by Gasteiger charge is 2.09. The summed E-state index contributed by atoms with van der Waals surface area (Å²) in [5.74, 6) is 0.648. The molecule has 3 heterocycles. The van der Waals surface area contributed by atoms with E-state index in [2.05, 4.69) is 20.5 Å². The number of fused-ring (bicyclic) bond motifs is 2. The first-order valence-corrected chi connectivity index (χ1v) is 8.14. The highest BCUT2D eigenvalue weighted by molar-refractivity contribution is 5.94. The number of aromatic nitrogens is 4. The number of hydrogen-bond acceptors (Lipinski definition) is 4. The molecule has 3 aromatic heterocycles. The molecule has 6 nitrogen and oxygen atoms in total. The minimum Gasteiger partial charge on any atom is -0.352 e. The molecule has 0 saturated carbocycles. The molecule has 1 aromatic carbocycles. The number of carbonyl (C=O) groups is 1. The van der Waals surface area contributed by atoms with Crippen LogP contribution in [-0.2, 0) is 6.42 Å². The van der Waals surface area contributed by atoms with E-state index in [0.29, 0.717) is 12.1 Å². The van der Waals surface area contributed by atoms with Crippen molar-refractivity contribution in [2.75, 3.05) is 6.54 Å². The molecule has 0 aliphatic carbocycles. The molecule has 0 aliphatic heterocycles. The first-order valence-electron chi connectivity index (χ1n) is 8.14. The molecule has 0 radical (unpaired) electrons. The lowest BCUT2D eigenvalue weighted by molar-refractivity contribution is 0.0953. The van der Waals surface area contributed by atoms with Crippen molar-refractivity contribution < 1.29 is 4.79 Å². The van der Waals surface area contributed by atoms with Crippen LogP contribution >= 0.6 is 0 Å². The number of para-hydroxylation sites is 1. The van der Waals surface area contributed by atoms with E-state index >= 15 is 0 Å². The van der Waals surface area contributed by atoms with Crippen LogP contribution in [-0.4, -0.2) is 32.0 Å². The topological polar surface area (TPSA) is 72.2 Å². The van der Waals surface area contributed by atoms with Gasteiger partial charge in [0.2, 0.25) is 0 Å². The molecule has 0 spiro atoms. The minimum absolute atomic E-state index is 0.108. The molecule has 0 unspecified atom stereocenters. The number of carbonyl (C=O) groups excluding carboxylic acids is 1. The van der Waals surface area contributed by atoms with E-state index in [1.807, 2.05) is 41.7 Å². The average molecular weight is 331 g/mol. The van der Waals surface area contributed by atoms with Gasteiger partial charge in [0.1, 0.15) is 5.82 Å². The van der Waals surface area contributed by atoms with Crippen LogP contribution in [0.15, 0.2) is 54.9 Å². The van der Waals surface area contributed by atoms with Crippen molar-refractivity contribution in [2.45, 2.75) is 13.3 Å². The van der Waals surface area contributed by atoms with Crippen molar-refractivity contribution in [2.24, 2.45) is 0 Å². The lowest BCUT2D eigenvalue weighted by Crippen LogP contribution is -2.26. The Morgan fingerprint density at radius 1 is 1.12 bits per heavy atom. The van der Waals surface area contributed by atoms with E-state index in [1.54, 1.807) is 24.5 Å². The molecule has 4 rings (SSSR count). The molecule has 0 saturated heterocycles. The highest BCUT2D eigenvalue weighted by Crippen LogP contribution is 2.16. The smallest absolute Gasteiger partial charge is 0.252 e. The van der Waals surface area contributed by atoms with Gasteiger partial charge in [0, 0.05) is 24.3 Å². The Morgan fingerprint density at radius 2 is 2.00 bits per heavy atom. The van der Waals surface area contributed by atoms with Crippen LogP contribution in [0, 0.1) is 6.92 Å². The van der Waals surface area contributed by atoms with E-state index in [1.165, 1.54) is 0 Å². The maximum absolute atomic E-state index is 12.4. The molecule has 0 aliphatic rings. The van der Waals surface area contributed by atoms with E-state index in [9.17, 15) is 4.79 Å². The zero-order valence-electron chi connectivity index (χ0n) is 13.8. The predicted octanol–water partition coefficient (Wildman–Crippen LogP) is 2.56. The zero-order valence-corrected chi connectivity index (χ0v) is 13.8. The number of pyridine rings is 2. The zero-order chi connectivity index (χ0) is 17.2. The van der Waals surface area contributed by atoms with Gasteiger partial charge in [-0.05, 0) is 37.1 Å². The number of benzene rings is 1. The van der Waals surface area contributed by atoms with Gasteiger partial charge in [0.05, 0.1) is 11.1 Å². The van der Waals surface area contributed by atoms with Crippen molar-refractivity contribution in [3.05, 3.63) is 71.8 Å². The summed E-state index contributed by atoms with van der Waals surface area (Å²) in [5, 5.41) is 12.1. The second kappa shape index (κ2) is 6.32. The number of nitrogens with one attached hydrogen (secondary N) is 1. The molecule has 6 heteroatoms. The summed E-state index contributed by atoms with van der Waals surface area (Å²) in [5.41, 5.74) is 3.44. The molecule has 25 heavy (non-hydrogen) atoms. The van der Waals surface area contributed by atoms with E-state index in [0.717, 1.165) is 34.4 Å². The molecular weight excluding hydrogens is 314 g/mol. The summed E-state index contributed by atoms with van der Waals surface area (Å²) in [6, 6.07) is 13.6. The fourth-order valence-electron chi connectivity index (χ4n) is 2.92. The normalized spacial score (nSPS) is 11.1. The van der Waals surface area contributed by atoms with Gasteiger partial charge < -0.3 is 5.32 Å². The summed E-state index contributed by atoms with van der Waals surface area (Å²) in [7, 11) is 0. The fraction of sp³-hybridized carbons (Fsp3) is 0.158. The third-order valence-electron chi connectivity index (χ3n) is 4.23. The number of amides is 1. The SMILES string of the molecule is Cc1nnc2ccc(C(=O)NCCc3cccc4cccnc34)cn12. The second-order valence-corrected chi connectivity index (χ2v) is 5.89. The van der Waals surface area contributed by atoms with Gasteiger partial charge in [0.25, 0.3) is 5.91 Å². The summed E-state index contributed by atoms with van der Waals surface area (Å²) < 4.78 is 1.81. The predicted molar refractivity (Wildman–Crippen MR) is 95.5 cm³/mol. The summed E-state index contributed by atoms with van der Waals surface area (Å²) in [6.45, 7) is 2.41. The molecule has 1 N–H and O–H groups in total. The third kappa shape index (κ3) is 2.94. The van der Waals surface area contributed by atoms with Crippen molar-refractivity contribution >= 4 is 22.5 Å². The Morgan fingerprint density at radius 3 is 2.92 bits per heavy atom. The van der Waals surface area contributed by atoms with E-state index in [-0.39, 0.29) is 5.91 Å². The quantitative estimate of drug-likeness (QED) is 0.624. The summed E-state index contributed by atoms with van der Waals surface area (Å²) >= 11 is 0. The third-order valence-corrected chi connectivity index (χ3v) is 4.23. The summed E-state index contributed by atoms with van der Waals surface area (Å²) in [6.07, 6.45) is 4.29. The first-order chi connectivity index (χ1) is 12.2. The van der Waals surface area contributed by atoms with Gasteiger partial charge in [-0.1, -0.05) is 24.3 Å². The molecule has 0 fully saturated rings. The van der Waals surface area contributed by atoms with Crippen molar-refractivity contribution in [3.63, 3.8) is 0 Å². The van der Waals surface area contributed by atoms with Gasteiger partial charge in [-0.15, -0.1) is 10.2 Å². The van der Waals surface area contributed by atoms with E-state index < -0.39 is 0 Å². The first kappa shape index (κ1) is 15.3. The highest BCUT2D eigenvalue weighted by atomic mass is 16.1. The van der Waals surface area contributed by atoms with Crippen LogP contribution in [0.3, 0.4) is 0 Å². The number of rotatable bonds is 4. The lowest BCUT2D eigenvalue weighted by Gasteiger charge is -2.08. The minimum atomic E-state index is -0.108. The summed E-state index contributed by atoms with van der Waals surface area (Å²) in [4.78, 5) is 16.8. The van der Waals surface area contributed by atoms with Gasteiger partial charge in [0.15, 0.2) is 5.65 Å². The van der Waals surface area contributed by atoms with Crippen molar-refractivity contribution in [1.29, 1.82) is 0 Å². The maximum atomic E-state index is 12.4. The van der Waals surface area contributed by atoms with Gasteiger partial charge >= 0.3 is 0 Å². The average Bonchev–Trinajstić information content (AvgIpc) is 3.02. The van der Waals surface area contributed by atoms with Crippen LogP contribution in [0.2, 0.25) is 0 Å². The van der Waals surface area contributed by atoms with Crippen LogP contribution in [0.5, 0.6) is 0 Å². The van der Waals surface area contributed by atoms with E-state index in [4.69, 9.17) is 0 Å². The maximum Gasteiger partial charge on any atom is 0.252 e. The molecular formula is C19H17N5O. The second-order valence-electron chi connectivity index (χ2n) is 5.89. The standard InChI is InChI=1S/C19H17N5O/c1-13-22-23-17-8-7-16(12-24(13)17)19(25)21-11-9-15-5-2-4-14-6-3-10-20-18(14)15/h2-8,10,12H,9,11H2,1H3,(H,21,25). The number of nitrogens with zero attached hydrogens (tertiary/aromatic N) is 4. The molecule has 4 aromatic rings. The fourth-order valence-corrected chi connectivity index (χ4v) is 2.92. The Kier molecular flexibility index (Phi) is 3.85. The van der Waals surface area contributed by atoms with Crippen LogP contribution < -0.4 is 5.32 Å². The van der Waals surface area contributed by atoms with Crippen molar-refractivity contribution in [1.82, 2.24) is 24.9 Å². The largest absolute Gasteiger partial charge is 0.352 e. The monoisotopic (exact) mass is 331 g/mol. The number of hydrogen-bond donors (Lipinski definition) is 1. The Balaban J connectivity index is 1.47. The molecule has 1 amide bonds. The number of aryl methyl sites for hydroxylation is 1. The Labute approximate surface area is 144 Å². The van der Waals surface area contributed by atoms with Crippen LogP contribution in [0.25, 0.3) is 16.6 Å². The molecule has 124 valence electrons. The van der Waals surface area contributed by atoms with Gasteiger partial charge in [-0.3, -0.25) is 14.2 Å².